The van der Waals surface area contributed by atoms with Gasteiger partial charge in [-0.05, 0) is 0 Å². The molecule has 0 bridgehead atoms. The maximum atomic E-state index is 10.7. The van der Waals surface area contributed by atoms with Gasteiger partial charge < -0.3 is 11.0 Å². The number of hydrogen-bond acceptors (Lipinski definition) is 6. The Morgan fingerprint density at radius 1 is 1.21 bits per heavy atom. The molecule has 1 aliphatic rings. The van der Waals surface area contributed by atoms with Crippen molar-refractivity contribution < 1.29 is 71.8 Å². The molecule has 4 atom stereocenters. The van der Waals surface area contributed by atoms with Crippen molar-refractivity contribution in [3.8, 4) is 0 Å². The van der Waals surface area contributed by atoms with Crippen LogP contribution in [0, 0.1) is 6.92 Å². The molecule has 2 rings (SSSR count). The quantitative estimate of drug-likeness (QED) is 0.312. The van der Waals surface area contributed by atoms with E-state index in [1.807, 2.05) is 31.2 Å². The van der Waals surface area contributed by atoms with Gasteiger partial charge in [0.1, 0.15) is 0 Å². The molecule has 1 heterocycles. The van der Waals surface area contributed by atoms with E-state index in [1.54, 1.807) is 0 Å². The average molecular weight is 466 g/mol. The van der Waals surface area contributed by atoms with Crippen LogP contribution < -0.4 is 33.1 Å². The van der Waals surface area contributed by atoms with E-state index < -0.39 is 58.0 Å². The summed E-state index contributed by atoms with van der Waals surface area (Å²) in [5.74, 6) is -1.55. The predicted molar refractivity (Wildman–Crippen MR) is 80.3 cm³/mol. The molecule has 8 N–H and O–H groups in total. The van der Waals surface area contributed by atoms with Crippen LogP contribution in [0.1, 0.15) is 5.56 Å². The minimum atomic E-state index is -2.83. The van der Waals surface area contributed by atoms with Crippen molar-refractivity contribution in [3.05, 3.63) is 29.8 Å². The fourth-order valence-electron chi connectivity index (χ4n) is 1.92. The van der Waals surface area contributed by atoms with Gasteiger partial charge in [0.05, 0.1) is 0 Å². The summed E-state index contributed by atoms with van der Waals surface area (Å²) in [6, 6.07) is 7.51. The van der Waals surface area contributed by atoms with Gasteiger partial charge in [-0.3, -0.25) is 0 Å². The molecule has 24 heavy (non-hydrogen) atoms. The molecule has 1 aromatic carbocycles. The molecule has 1 fully saturated rings. The van der Waals surface area contributed by atoms with Gasteiger partial charge in [0.25, 0.3) is 0 Å². The molecule has 132 valence electrons. The van der Waals surface area contributed by atoms with Crippen LogP contribution in [0.2, 0.25) is 0 Å². The van der Waals surface area contributed by atoms with Crippen LogP contribution in [0.3, 0.4) is 0 Å². The van der Waals surface area contributed by atoms with Crippen LogP contribution in [0.5, 0.6) is 0 Å². The molecular formula is C13H21NaO9Sb+. The number of carboxylic acids is 1. The molecular weight excluding hydrogens is 445 g/mol. The van der Waals surface area contributed by atoms with Crippen LogP contribution in [0.4, 0.5) is 0 Å². The van der Waals surface area contributed by atoms with Gasteiger partial charge >= 0.3 is 159 Å². The third kappa shape index (κ3) is 6.19. The zero-order valence-corrected chi connectivity index (χ0v) is 17.8. The first-order valence-corrected chi connectivity index (χ1v) is 9.70. The number of aliphatic carboxylic acids is 1. The van der Waals surface area contributed by atoms with Crippen LogP contribution >= 0.6 is 0 Å². The Morgan fingerprint density at radius 3 is 2.21 bits per heavy atom. The molecule has 0 radical (unpaired) electrons. The Labute approximate surface area is 169 Å². The number of rotatable bonds is 5. The number of hydrogen-bond donors (Lipinski definition) is 4. The second-order valence-corrected chi connectivity index (χ2v) is 8.91. The summed E-state index contributed by atoms with van der Waals surface area (Å²) in [7, 11) is 0. The third-order valence-electron chi connectivity index (χ3n) is 3.15. The molecule has 0 amide bonds. The fraction of sp³-hybridized carbons (Fsp3) is 0.462. The van der Waals surface area contributed by atoms with Crippen LogP contribution in [-0.4, -0.2) is 89.4 Å². The van der Waals surface area contributed by atoms with E-state index in [1.165, 1.54) is 0 Å². The monoisotopic (exact) mass is 465 g/mol. The van der Waals surface area contributed by atoms with E-state index in [-0.39, 0.29) is 40.5 Å². The summed E-state index contributed by atoms with van der Waals surface area (Å²) < 4.78 is 12.2. The van der Waals surface area contributed by atoms with E-state index in [9.17, 15) is 20.1 Å². The number of carboxylic acid groups (broad SMARTS) is 1. The van der Waals surface area contributed by atoms with E-state index in [4.69, 9.17) is 11.1 Å². The van der Waals surface area contributed by atoms with Gasteiger partial charge in [-0.15, -0.1) is 0 Å². The Morgan fingerprint density at radius 2 is 1.75 bits per heavy atom. The van der Waals surface area contributed by atoms with Gasteiger partial charge in [-0.2, -0.15) is 0 Å². The summed E-state index contributed by atoms with van der Waals surface area (Å²) in [6.45, 7) is 1.53. The number of benzene rings is 1. The summed E-state index contributed by atoms with van der Waals surface area (Å²) >= 11 is -2.83. The first kappa shape index (κ1) is 26.5. The average Bonchev–Trinajstić information content (AvgIpc) is 2.90. The normalized spacial score (nSPS) is 22.5. The summed E-state index contributed by atoms with van der Waals surface area (Å²) in [6.07, 6.45) is -5.52. The summed E-state index contributed by atoms with van der Waals surface area (Å²) in [4.78, 5) is 10.7. The molecule has 9 nitrogen and oxygen atoms in total. The summed E-state index contributed by atoms with van der Waals surface area (Å²) in [5.41, 5.74) is 1.08. The predicted octanol–water partition coefficient (Wildman–Crippen LogP) is -6.37. The van der Waals surface area contributed by atoms with E-state index in [0.29, 0.717) is 0 Å². The Bertz CT molecular complexity index is 501. The smallest absolute Gasteiger partial charge is 0.412 e. The molecule has 11 heteroatoms. The molecule has 0 spiro atoms. The summed E-state index contributed by atoms with van der Waals surface area (Å²) in [5, 5.41) is 37.3. The van der Waals surface area contributed by atoms with Crippen molar-refractivity contribution in [3.63, 3.8) is 0 Å². The zero-order valence-electron chi connectivity index (χ0n) is 13.3. The molecule has 1 aliphatic heterocycles. The molecule has 0 saturated carbocycles. The maximum absolute atomic E-state index is 10.7. The van der Waals surface area contributed by atoms with Gasteiger partial charge in [-0.25, -0.2) is 0 Å². The zero-order chi connectivity index (χ0) is 15.6. The SMILES string of the molecule is Cc1cc[c]([Sb]2[O]C(CO)C(C(O)C(O)C(=O)O)[O]2)cc1.O.O.[Na+]. The van der Waals surface area contributed by atoms with E-state index in [0.717, 1.165) is 9.07 Å². The Hall–Kier alpha value is 0.228. The molecule has 0 aromatic heterocycles. The van der Waals surface area contributed by atoms with Crippen molar-refractivity contribution in [2.45, 2.75) is 31.3 Å². The first-order valence-electron chi connectivity index (χ1n) is 6.34. The Balaban J connectivity index is 0. The van der Waals surface area contributed by atoms with Crippen molar-refractivity contribution in [2.75, 3.05) is 6.61 Å². The minimum Gasteiger partial charge on any atom is -0.412 e. The number of aliphatic hydroxyl groups is 3. The largest absolute Gasteiger partial charge is 1.00 e. The first-order chi connectivity index (χ1) is 9.93. The van der Waals surface area contributed by atoms with E-state index in [2.05, 4.69) is 0 Å². The second-order valence-electron chi connectivity index (χ2n) is 4.76. The number of aryl methyl sites for hydroxylation is 1. The van der Waals surface area contributed by atoms with Crippen molar-refractivity contribution in [2.24, 2.45) is 0 Å². The minimum absolute atomic E-state index is 0. The van der Waals surface area contributed by atoms with Crippen molar-refractivity contribution >= 4 is 30.5 Å². The van der Waals surface area contributed by atoms with Crippen molar-refractivity contribution in [1.29, 1.82) is 0 Å². The van der Waals surface area contributed by atoms with Gasteiger partial charge in [-0.1, -0.05) is 0 Å². The van der Waals surface area contributed by atoms with Crippen LogP contribution in [-0.2, 0) is 10.8 Å². The standard InChI is InChI=1S/C7H7.C6H10O7.Na.2H2O.Sb/c1-7-5-3-2-4-6-7;7-1-2(8)3(9)4(10)5(11)6(12)13;;;;/h3-6H,1H3;2-5,7,10-11H,1H2,(H,12,13);;2*1H2;/q;-2;+1;;;+2. The maximum Gasteiger partial charge on any atom is 1.00 e. The van der Waals surface area contributed by atoms with E-state index >= 15 is 0 Å². The topological polar surface area (TPSA) is 179 Å². The Kier molecular flexibility index (Phi) is 13.0. The van der Waals surface area contributed by atoms with Crippen LogP contribution in [0.25, 0.3) is 0 Å². The third-order valence-corrected chi connectivity index (χ3v) is 7.77. The van der Waals surface area contributed by atoms with Gasteiger partial charge in [0.2, 0.25) is 0 Å². The molecule has 4 unspecified atom stereocenters. The van der Waals surface area contributed by atoms with Gasteiger partial charge in [0.15, 0.2) is 0 Å². The number of carbonyl (C=O) groups is 1. The molecule has 0 aliphatic carbocycles. The van der Waals surface area contributed by atoms with Gasteiger partial charge in [0, 0.05) is 0 Å². The molecule has 1 saturated heterocycles. The molecule has 1 aromatic rings. The van der Waals surface area contributed by atoms with Crippen LogP contribution in [0.15, 0.2) is 24.3 Å². The number of aliphatic hydroxyl groups excluding tert-OH is 3. The fourth-order valence-corrected chi connectivity index (χ4v) is 6.49. The van der Waals surface area contributed by atoms with Crippen molar-refractivity contribution in [1.82, 2.24) is 0 Å². The second kappa shape index (κ2) is 11.8.